The number of aromatic nitrogens is 6. The number of benzene rings is 1. The van der Waals surface area contributed by atoms with Crippen LogP contribution in [0.3, 0.4) is 0 Å². The number of pyridine rings is 1. The molecule has 194 valence electrons. The van der Waals surface area contributed by atoms with Crippen LogP contribution in [0.15, 0.2) is 71.8 Å². The van der Waals surface area contributed by atoms with Crippen molar-refractivity contribution in [2.75, 3.05) is 32.6 Å². The van der Waals surface area contributed by atoms with Crippen molar-refractivity contribution >= 4 is 33.6 Å². The molecule has 38 heavy (non-hydrogen) atoms. The quantitative estimate of drug-likeness (QED) is 0.358. The Labute approximate surface area is 219 Å². The summed E-state index contributed by atoms with van der Waals surface area (Å²) in [7, 11) is 4.15. The number of nitrogens with one attached hydrogen (secondary N) is 1. The van der Waals surface area contributed by atoms with Gasteiger partial charge in [-0.25, -0.2) is 14.3 Å². The largest absolute Gasteiger partial charge is 0.478 e. The van der Waals surface area contributed by atoms with E-state index in [0.717, 1.165) is 37.0 Å². The van der Waals surface area contributed by atoms with Gasteiger partial charge in [-0.2, -0.15) is 9.97 Å². The molecule has 0 fully saturated rings. The summed E-state index contributed by atoms with van der Waals surface area (Å²) in [6, 6.07) is 13.9. The molecule has 5 heterocycles. The number of fused-ring (bicyclic) bond motifs is 7. The highest BCUT2D eigenvalue weighted by Crippen LogP contribution is 2.24. The fraction of sp³-hybridized carbons (Fsp3) is 0.286. The minimum Gasteiger partial charge on any atom is -0.478 e. The fourth-order valence-corrected chi connectivity index (χ4v) is 4.67. The maximum Gasteiger partial charge on any atom is 0.278 e. The molecule has 0 atom stereocenters. The summed E-state index contributed by atoms with van der Waals surface area (Å²) in [5, 5.41) is 4.88. The molecule has 10 nitrogen and oxygen atoms in total. The number of nitrogens with zero attached hydrogens (tertiary/aromatic N) is 7. The maximum absolute atomic E-state index is 13.3. The maximum atomic E-state index is 13.3. The SMILES string of the molecule is CN(C)CCn1ccc2cc(Nc3ncc4c(=O)n5n(c4n3)-c3cccc(n3)OCCC/C=C\C5)ccc21. The van der Waals surface area contributed by atoms with Crippen molar-refractivity contribution in [1.29, 1.82) is 0 Å². The van der Waals surface area contributed by atoms with Gasteiger partial charge in [0.05, 0.1) is 13.2 Å². The van der Waals surface area contributed by atoms with Crippen molar-refractivity contribution in [3.8, 4) is 11.7 Å². The van der Waals surface area contributed by atoms with Crippen LogP contribution in [0.25, 0.3) is 27.8 Å². The molecule has 1 aliphatic rings. The van der Waals surface area contributed by atoms with E-state index in [0.29, 0.717) is 41.8 Å². The Kier molecular flexibility index (Phi) is 6.38. The van der Waals surface area contributed by atoms with Crippen LogP contribution in [0.5, 0.6) is 5.88 Å². The van der Waals surface area contributed by atoms with Crippen molar-refractivity contribution in [3.63, 3.8) is 0 Å². The van der Waals surface area contributed by atoms with Crippen LogP contribution < -0.4 is 15.6 Å². The van der Waals surface area contributed by atoms with E-state index < -0.39 is 0 Å². The summed E-state index contributed by atoms with van der Waals surface area (Å²) in [5.41, 5.74) is 2.36. The molecule has 0 spiro atoms. The van der Waals surface area contributed by atoms with Crippen LogP contribution in [-0.2, 0) is 13.1 Å². The van der Waals surface area contributed by atoms with Crippen LogP contribution in [-0.4, -0.2) is 61.0 Å². The Morgan fingerprint density at radius 1 is 1.11 bits per heavy atom. The Morgan fingerprint density at radius 2 is 2.03 bits per heavy atom. The minimum atomic E-state index is -0.165. The van der Waals surface area contributed by atoms with Crippen LogP contribution in [0.4, 0.5) is 11.6 Å². The molecular weight excluding hydrogens is 480 g/mol. The zero-order chi connectivity index (χ0) is 26.1. The Bertz CT molecular complexity index is 1690. The average Bonchev–Trinajstić information content (AvgIpc) is 3.44. The number of ether oxygens (including phenoxy) is 1. The Morgan fingerprint density at radius 3 is 2.92 bits per heavy atom. The summed E-state index contributed by atoms with van der Waals surface area (Å²) in [4.78, 5) is 29.4. The van der Waals surface area contributed by atoms with Gasteiger partial charge < -0.3 is 19.5 Å². The topological polar surface area (TPSA) is 95.0 Å². The normalized spacial score (nSPS) is 14.6. The van der Waals surface area contributed by atoms with E-state index in [1.165, 1.54) is 5.52 Å². The number of anilines is 2. The fourth-order valence-electron chi connectivity index (χ4n) is 4.67. The first-order valence-electron chi connectivity index (χ1n) is 12.8. The van der Waals surface area contributed by atoms with Gasteiger partial charge in [0.1, 0.15) is 5.39 Å². The van der Waals surface area contributed by atoms with Crippen LogP contribution >= 0.6 is 0 Å². The molecule has 4 aromatic heterocycles. The first kappa shape index (κ1) is 23.9. The summed E-state index contributed by atoms with van der Waals surface area (Å²) < 4.78 is 11.5. The van der Waals surface area contributed by atoms with Crippen molar-refractivity contribution in [2.24, 2.45) is 0 Å². The van der Waals surface area contributed by atoms with Crippen LogP contribution in [0.1, 0.15) is 12.8 Å². The first-order valence-corrected chi connectivity index (χ1v) is 12.8. The van der Waals surface area contributed by atoms with Gasteiger partial charge in [0.2, 0.25) is 11.8 Å². The molecule has 0 amide bonds. The molecule has 1 aliphatic heterocycles. The molecule has 0 saturated heterocycles. The van der Waals surface area contributed by atoms with E-state index in [-0.39, 0.29) is 5.56 Å². The van der Waals surface area contributed by atoms with Gasteiger partial charge in [-0.3, -0.25) is 4.79 Å². The molecule has 10 heteroatoms. The van der Waals surface area contributed by atoms with Gasteiger partial charge in [-0.1, -0.05) is 18.2 Å². The van der Waals surface area contributed by atoms with Crippen LogP contribution in [0, 0.1) is 0 Å². The third kappa shape index (κ3) is 4.66. The van der Waals surface area contributed by atoms with E-state index in [1.54, 1.807) is 15.6 Å². The molecule has 0 unspecified atom stereocenters. The van der Waals surface area contributed by atoms with Gasteiger partial charge in [0.15, 0.2) is 11.5 Å². The predicted molar refractivity (Wildman–Crippen MR) is 149 cm³/mol. The van der Waals surface area contributed by atoms with Gasteiger partial charge in [0, 0.05) is 48.1 Å². The molecule has 0 aliphatic carbocycles. The van der Waals surface area contributed by atoms with Gasteiger partial charge in [-0.05, 0) is 57.3 Å². The third-order valence-electron chi connectivity index (χ3n) is 6.63. The molecule has 1 aromatic carbocycles. The molecule has 2 bridgehead atoms. The number of rotatable bonds is 5. The number of hydrogen-bond donors (Lipinski definition) is 1. The summed E-state index contributed by atoms with van der Waals surface area (Å²) in [5.74, 6) is 1.48. The Hall–Kier alpha value is -4.44. The number of hydrogen-bond acceptors (Lipinski definition) is 7. The smallest absolute Gasteiger partial charge is 0.278 e. The van der Waals surface area contributed by atoms with E-state index in [1.807, 2.05) is 30.3 Å². The second-order valence-corrected chi connectivity index (χ2v) is 9.64. The van der Waals surface area contributed by atoms with E-state index in [2.05, 4.69) is 69.3 Å². The molecule has 6 rings (SSSR count). The second-order valence-electron chi connectivity index (χ2n) is 9.64. The second kappa shape index (κ2) is 10.1. The Balaban J connectivity index is 1.38. The first-order chi connectivity index (χ1) is 18.6. The van der Waals surface area contributed by atoms with Crippen LogP contribution in [0.2, 0.25) is 0 Å². The monoisotopic (exact) mass is 510 g/mol. The van der Waals surface area contributed by atoms with E-state index >= 15 is 0 Å². The highest BCUT2D eigenvalue weighted by atomic mass is 16.5. The summed E-state index contributed by atoms with van der Waals surface area (Å²) >= 11 is 0. The molecule has 0 saturated carbocycles. The third-order valence-corrected chi connectivity index (χ3v) is 6.63. The lowest BCUT2D eigenvalue weighted by Gasteiger charge is -2.13. The number of allylic oxidation sites excluding steroid dienone is 2. The van der Waals surface area contributed by atoms with E-state index in [9.17, 15) is 4.79 Å². The van der Waals surface area contributed by atoms with Gasteiger partial charge in [-0.15, -0.1) is 0 Å². The zero-order valence-electron chi connectivity index (χ0n) is 21.5. The average molecular weight is 511 g/mol. The molecule has 1 N–H and O–H groups in total. The molecular formula is C28H30N8O2. The number of likely N-dealkylation sites (N-methyl/N-ethyl adjacent to an activating group) is 1. The standard InChI is InChI=1S/C28H30N8O2/c1-33(2)15-16-34-14-12-20-18-21(10-11-23(20)34)30-28-29-19-22-26(32-28)36-24-8-7-9-25(31-24)38-17-6-4-3-5-13-35(36)27(22)37/h3,5,7-12,14,18-19H,4,6,13,15-17H2,1-2H3,(H,29,30,32)/b5-3-. The van der Waals surface area contributed by atoms with Crippen molar-refractivity contribution in [2.45, 2.75) is 25.9 Å². The lowest BCUT2D eigenvalue weighted by molar-refractivity contribution is 0.299. The summed E-state index contributed by atoms with van der Waals surface area (Å²) in [6.45, 7) is 2.89. The summed E-state index contributed by atoms with van der Waals surface area (Å²) in [6.07, 6.45) is 9.51. The predicted octanol–water partition coefficient (Wildman–Crippen LogP) is 3.97. The van der Waals surface area contributed by atoms with E-state index in [4.69, 9.17) is 9.72 Å². The highest BCUT2D eigenvalue weighted by molar-refractivity contribution is 5.85. The zero-order valence-corrected chi connectivity index (χ0v) is 21.5. The van der Waals surface area contributed by atoms with Gasteiger partial charge >= 0.3 is 0 Å². The minimum absolute atomic E-state index is 0.165. The lowest BCUT2D eigenvalue weighted by Crippen LogP contribution is -2.22. The highest BCUT2D eigenvalue weighted by Gasteiger charge is 2.18. The lowest BCUT2D eigenvalue weighted by atomic mass is 10.2. The molecule has 5 aromatic rings. The molecule has 0 radical (unpaired) electrons. The van der Waals surface area contributed by atoms with Crippen molar-refractivity contribution < 1.29 is 4.74 Å². The van der Waals surface area contributed by atoms with Crippen molar-refractivity contribution in [1.82, 2.24) is 33.8 Å². The van der Waals surface area contributed by atoms with Gasteiger partial charge in [0.25, 0.3) is 5.56 Å². The van der Waals surface area contributed by atoms with Crippen molar-refractivity contribution in [3.05, 3.63) is 77.4 Å².